The summed E-state index contributed by atoms with van der Waals surface area (Å²) in [5, 5.41) is 3.24. The maximum Gasteiger partial charge on any atom is 0.253 e. The maximum absolute atomic E-state index is 12.9. The first-order valence-corrected chi connectivity index (χ1v) is 10.2. The number of hydrogen-bond donors (Lipinski definition) is 1. The minimum Gasteiger partial charge on any atom is -0.340 e. The Morgan fingerprint density at radius 2 is 2.12 bits per heavy atom. The average Bonchev–Trinajstić information content (AvgIpc) is 3.25. The highest BCUT2D eigenvalue weighted by Gasteiger charge is 2.42. The van der Waals surface area contributed by atoms with Crippen LogP contribution in [0.5, 0.6) is 0 Å². The van der Waals surface area contributed by atoms with Crippen LogP contribution in [0.15, 0.2) is 16.3 Å². The third kappa shape index (κ3) is 3.62. The van der Waals surface area contributed by atoms with E-state index in [9.17, 15) is 13.2 Å². The molecular weight excluding hydrogens is 370 g/mol. The normalized spacial score (nSPS) is 24.8. The van der Waals surface area contributed by atoms with E-state index in [0.717, 1.165) is 30.8 Å². The molecule has 0 spiro atoms. The number of hydrogen-bond acceptors (Lipinski definition) is 5. The SMILES string of the molecule is Cc1ccc(S(=O)(=O)N2CCCC2C(=O)N(C)C2CCNC2)s1.Cl. The van der Waals surface area contributed by atoms with E-state index in [-0.39, 0.29) is 24.4 Å². The molecule has 2 fully saturated rings. The number of carbonyl (C=O) groups is 1. The highest BCUT2D eigenvalue weighted by Crippen LogP contribution is 2.31. The lowest BCUT2D eigenvalue weighted by Crippen LogP contribution is -2.49. The second kappa shape index (κ2) is 7.70. The molecule has 3 heterocycles. The Morgan fingerprint density at radius 1 is 1.38 bits per heavy atom. The molecule has 1 N–H and O–H groups in total. The van der Waals surface area contributed by atoms with Crippen molar-refractivity contribution in [1.29, 1.82) is 0 Å². The van der Waals surface area contributed by atoms with Crippen molar-refractivity contribution in [3.05, 3.63) is 17.0 Å². The topological polar surface area (TPSA) is 69.7 Å². The highest BCUT2D eigenvalue weighted by molar-refractivity contribution is 7.91. The molecule has 9 heteroatoms. The van der Waals surface area contributed by atoms with E-state index in [0.29, 0.717) is 17.2 Å². The lowest BCUT2D eigenvalue weighted by atomic mass is 10.1. The van der Waals surface area contributed by atoms with Gasteiger partial charge in [-0.2, -0.15) is 4.31 Å². The number of rotatable bonds is 4. The first-order valence-electron chi connectivity index (χ1n) is 7.97. The first kappa shape index (κ1) is 19.7. The van der Waals surface area contributed by atoms with Crippen LogP contribution in [0.2, 0.25) is 0 Å². The molecule has 0 saturated carbocycles. The van der Waals surface area contributed by atoms with Crippen molar-refractivity contribution >= 4 is 39.7 Å². The largest absolute Gasteiger partial charge is 0.340 e. The Labute approximate surface area is 153 Å². The molecule has 1 aromatic heterocycles. The molecule has 0 aromatic carbocycles. The van der Waals surface area contributed by atoms with Crippen LogP contribution in [0.3, 0.4) is 0 Å². The maximum atomic E-state index is 12.9. The van der Waals surface area contributed by atoms with Crippen LogP contribution in [0.1, 0.15) is 24.1 Å². The van der Waals surface area contributed by atoms with Crippen LogP contribution < -0.4 is 5.32 Å². The molecule has 0 bridgehead atoms. The number of nitrogens with one attached hydrogen (secondary N) is 1. The van der Waals surface area contributed by atoms with Crippen LogP contribution >= 0.6 is 23.7 Å². The van der Waals surface area contributed by atoms with E-state index in [4.69, 9.17) is 0 Å². The molecule has 2 aliphatic heterocycles. The highest BCUT2D eigenvalue weighted by atomic mass is 35.5. The summed E-state index contributed by atoms with van der Waals surface area (Å²) in [5.41, 5.74) is 0. The Bertz CT molecular complexity index is 686. The molecule has 24 heavy (non-hydrogen) atoms. The van der Waals surface area contributed by atoms with Gasteiger partial charge in [-0.15, -0.1) is 23.7 Å². The van der Waals surface area contributed by atoms with E-state index in [1.165, 1.54) is 15.6 Å². The second-order valence-corrected chi connectivity index (χ2v) is 9.64. The third-order valence-corrected chi connectivity index (χ3v) is 8.07. The summed E-state index contributed by atoms with van der Waals surface area (Å²) in [5.74, 6) is -0.0759. The number of thiophene rings is 1. The molecule has 0 aliphatic carbocycles. The van der Waals surface area contributed by atoms with Crippen molar-refractivity contribution in [1.82, 2.24) is 14.5 Å². The van der Waals surface area contributed by atoms with Gasteiger partial charge in [0.05, 0.1) is 0 Å². The number of aryl methyl sites for hydroxylation is 1. The zero-order valence-electron chi connectivity index (χ0n) is 13.9. The summed E-state index contributed by atoms with van der Waals surface area (Å²) in [6.07, 6.45) is 2.26. The predicted octanol–water partition coefficient (Wildman–Crippen LogP) is 1.45. The minimum atomic E-state index is -3.58. The van der Waals surface area contributed by atoms with Crippen molar-refractivity contribution in [3.63, 3.8) is 0 Å². The Hall–Kier alpha value is -0.670. The number of carbonyl (C=O) groups excluding carboxylic acids is 1. The van der Waals surface area contributed by atoms with Crippen LogP contribution in [0.25, 0.3) is 0 Å². The van der Waals surface area contributed by atoms with E-state index >= 15 is 0 Å². The van der Waals surface area contributed by atoms with Crippen molar-refractivity contribution in [3.8, 4) is 0 Å². The van der Waals surface area contributed by atoms with E-state index < -0.39 is 16.1 Å². The van der Waals surface area contributed by atoms with Crippen molar-refractivity contribution < 1.29 is 13.2 Å². The van der Waals surface area contributed by atoms with Gasteiger partial charge in [0.1, 0.15) is 10.3 Å². The summed E-state index contributed by atoms with van der Waals surface area (Å²) < 4.78 is 27.5. The fraction of sp³-hybridized carbons (Fsp3) is 0.667. The molecule has 6 nitrogen and oxygen atoms in total. The first-order chi connectivity index (χ1) is 10.9. The summed E-state index contributed by atoms with van der Waals surface area (Å²) in [6.45, 7) is 4.00. The Morgan fingerprint density at radius 3 is 2.71 bits per heavy atom. The van der Waals surface area contributed by atoms with Crippen LogP contribution in [0.4, 0.5) is 0 Å². The van der Waals surface area contributed by atoms with Gasteiger partial charge in [0.25, 0.3) is 10.0 Å². The van der Waals surface area contributed by atoms with E-state index in [1.54, 1.807) is 24.1 Å². The zero-order valence-corrected chi connectivity index (χ0v) is 16.3. The standard InChI is InChI=1S/C15H23N3O3S2.ClH/c1-11-5-6-14(22-11)23(20,21)18-9-3-4-13(18)15(19)17(2)12-7-8-16-10-12;/h5-6,12-13,16H,3-4,7-10H2,1-2H3;1H. The molecule has 2 unspecified atom stereocenters. The van der Waals surface area contributed by atoms with Gasteiger partial charge in [0, 0.05) is 31.1 Å². The predicted molar refractivity (Wildman–Crippen MR) is 97.3 cm³/mol. The zero-order chi connectivity index (χ0) is 16.6. The van der Waals surface area contributed by atoms with Gasteiger partial charge < -0.3 is 10.2 Å². The van der Waals surface area contributed by atoms with Gasteiger partial charge in [-0.05, 0) is 44.9 Å². The summed E-state index contributed by atoms with van der Waals surface area (Å²) >= 11 is 1.26. The molecule has 2 saturated heterocycles. The number of likely N-dealkylation sites (N-methyl/N-ethyl adjacent to an activating group) is 1. The average molecular weight is 394 g/mol. The van der Waals surface area contributed by atoms with Crippen LogP contribution in [0, 0.1) is 6.92 Å². The monoisotopic (exact) mass is 393 g/mol. The second-order valence-electron chi connectivity index (χ2n) is 6.23. The molecular formula is C15H24ClN3O3S2. The summed E-state index contributed by atoms with van der Waals surface area (Å²) in [7, 11) is -1.79. The van der Waals surface area contributed by atoms with Gasteiger partial charge in [-0.1, -0.05) is 0 Å². The molecule has 3 rings (SSSR count). The fourth-order valence-electron chi connectivity index (χ4n) is 3.33. The minimum absolute atomic E-state index is 0. The Kier molecular flexibility index (Phi) is 6.30. The van der Waals surface area contributed by atoms with Crippen LogP contribution in [-0.4, -0.2) is 62.3 Å². The smallest absolute Gasteiger partial charge is 0.253 e. The summed E-state index contributed by atoms with van der Waals surface area (Å²) in [4.78, 5) is 15.5. The van der Waals surface area contributed by atoms with Gasteiger partial charge >= 0.3 is 0 Å². The van der Waals surface area contributed by atoms with Crippen molar-refractivity contribution in [2.24, 2.45) is 0 Å². The number of amides is 1. The van der Waals surface area contributed by atoms with Crippen molar-refractivity contribution in [2.45, 2.75) is 42.5 Å². The van der Waals surface area contributed by atoms with Gasteiger partial charge in [-0.3, -0.25) is 4.79 Å². The van der Waals surface area contributed by atoms with Crippen LogP contribution in [-0.2, 0) is 14.8 Å². The molecule has 1 amide bonds. The number of halogens is 1. The molecule has 2 atom stereocenters. The fourth-order valence-corrected chi connectivity index (χ4v) is 6.39. The number of nitrogens with zero attached hydrogens (tertiary/aromatic N) is 2. The lowest BCUT2D eigenvalue weighted by Gasteiger charge is -2.30. The molecule has 1 aromatic rings. The quantitative estimate of drug-likeness (QED) is 0.840. The molecule has 2 aliphatic rings. The molecule has 0 radical (unpaired) electrons. The van der Waals surface area contributed by atoms with Gasteiger partial charge in [0.2, 0.25) is 5.91 Å². The summed E-state index contributed by atoms with van der Waals surface area (Å²) in [6, 6.07) is 3.05. The lowest BCUT2D eigenvalue weighted by molar-refractivity contribution is -0.135. The third-order valence-electron chi connectivity index (χ3n) is 4.70. The number of sulfonamides is 1. The molecule has 136 valence electrons. The Balaban J connectivity index is 0.00000208. The van der Waals surface area contributed by atoms with E-state index in [2.05, 4.69) is 5.32 Å². The van der Waals surface area contributed by atoms with Gasteiger partial charge in [-0.25, -0.2) is 8.42 Å². The van der Waals surface area contributed by atoms with Gasteiger partial charge in [0.15, 0.2) is 0 Å². The van der Waals surface area contributed by atoms with Crippen molar-refractivity contribution in [2.75, 3.05) is 26.7 Å². The van der Waals surface area contributed by atoms with E-state index in [1.807, 2.05) is 6.92 Å².